The number of methoxy groups -OCH3 is 1. The number of benzene rings is 2. The van der Waals surface area contributed by atoms with Crippen molar-refractivity contribution in [1.29, 1.82) is 0 Å². The van der Waals surface area contributed by atoms with E-state index in [1.54, 1.807) is 69.5 Å². The number of amides is 1. The summed E-state index contributed by atoms with van der Waals surface area (Å²) in [5.41, 5.74) is 0.307. The third kappa shape index (κ3) is 4.44. The molecule has 4 rings (SSSR count). The van der Waals surface area contributed by atoms with Gasteiger partial charge in [-0.25, -0.2) is 13.1 Å². The van der Waals surface area contributed by atoms with Crippen molar-refractivity contribution in [3.8, 4) is 17.2 Å². The molecule has 2 aromatic carbocycles. The fraction of sp³-hybridized carbons (Fsp3) is 0.273. The van der Waals surface area contributed by atoms with Gasteiger partial charge in [-0.3, -0.25) is 4.79 Å². The molecule has 0 atom stereocenters. The standard InChI is InChI=1S/C22H22ClN3O5S/c1-22(2,31-17-8-4-14(23)5-9-17)21(27)24-20-18-12-32(28,29)13-19(18)25-26(20)15-6-10-16(30-3)11-7-15/h4-11H,12-13H2,1-3H3,(H,24,27). The lowest BCUT2D eigenvalue weighted by molar-refractivity contribution is -0.128. The summed E-state index contributed by atoms with van der Waals surface area (Å²) in [4.78, 5) is 13.2. The van der Waals surface area contributed by atoms with Gasteiger partial charge in [-0.05, 0) is 62.4 Å². The Balaban J connectivity index is 1.67. The molecule has 1 aliphatic heterocycles. The van der Waals surface area contributed by atoms with Crippen molar-refractivity contribution in [2.45, 2.75) is 31.0 Å². The normalized spacial score (nSPS) is 14.6. The fourth-order valence-electron chi connectivity index (χ4n) is 3.38. The molecule has 0 fully saturated rings. The van der Waals surface area contributed by atoms with E-state index in [1.807, 2.05) is 0 Å². The maximum absolute atomic E-state index is 13.2. The van der Waals surface area contributed by atoms with Gasteiger partial charge < -0.3 is 14.8 Å². The van der Waals surface area contributed by atoms with Crippen molar-refractivity contribution in [3.05, 3.63) is 64.8 Å². The van der Waals surface area contributed by atoms with E-state index in [2.05, 4.69) is 10.4 Å². The van der Waals surface area contributed by atoms with Crippen LogP contribution in [-0.2, 0) is 26.1 Å². The largest absolute Gasteiger partial charge is 0.497 e. The van der Waals surface area contributed by atoms with E-state index in [4.69, 9.17) is 21.1 Å². The van der Waals surface area contributed by atoms with Crippen molar-refractivity contribution in [2.75, 3.05) is 12.4 Å². The summed E-state index contributed by atoms with van der Waals surface area (Å²) < 4.78 is 36.9. The minimum absolute atomic E-state index is 0.168. The van der Waals surface area contributed by atoms with Gasteiger partial charge in [0.1, 0.15) is 17.3 Å². The first kappa shape index (κ1) is 22.2. The summed E-state index contributed by atoms with van der Waals surface area (Å²) in [7, 11) is -1.74. The average Bonchev–Trinajstić information content (AvgIpc) is 3.22. The summed E-state index contributed by atoms with van der Waals surface area (Å²) in [6, 6.07) is 13.8. The van der Waals surface area contributed by atoms with E-state index < -0.39 is 21.3 Å². The Morgan fingerprint density at radius 1 is 1.06 bits per heavy atom. The van der Waals surface area contributed by atoms with Crippen molar-refractivity contribution in [3.63, 3.8) is 0 Å². The predicted molar refractivity (Wildman–Crippen MR) is 121 cm³/mol. The first-order valence-electron chi connectivity index (χ1n) is 9.80. The number of hydrogen-bond donors (Lipinski definition) is 1. The molecule has 0 unspecified atom stereocenters. The zero-order valence-electron chi connectivity index (χ0n) is 17.8. The summed E-state index contributed by atoms with van der Waals surface area (Å²) in [6.07, 6.45) is 0. The van der Waals surface area contributed by atoms with Crippen LogP contribution in [0, 0.1) is 0 Å². The number of carbonyl (C=O) groups is 1. The fourth-order valence-corrected chi connectivity index (χ4v) is 5.00. The highest BCUT2D eigenvalue weighted by Crippen LogP contribution is 2.34. The maximum atomic E-state index is 13.2. The molecule has 10 heteroatoms. The second-order valence-electron chi connectivity index (χ2n) is 7.94. The molecular weight excluding hydrogens is 454 g/mol. The van der Waals surface area contributed by atoms with Gasteiger partial charge in [0, 0.05) is 10.6 Å². The topological polar surface area (TPSA) is 99.5 Å². The van der Waals surface area contributed by atoms with Gasteiger partial charge >= 0.3 is 0 Å². The lowest BCUT2D eigenvalue weighted by Crippen LogP contribution is -2.43. The summed E-state index contributed by atoms with van der Waals surface area (Å²) >= 11 is 5.91. The molecule has 0 radical (unpaired) electrons. The summed E-state index contributed by atoms with van der Waals surface area (Å²) in [5.74, 6) is 0.648. The van der Waals surface area contributed by atoms with Crippen LogP contribution in [0.2, 0.25) is 5.02 Å². The van der Waals surface area contributed by atoms with Crippen molar-refractivity contribution < 1.29 is 22.7 Å². The Bertz CT molecular complexity index is 1270. The Morgan fingerprint density at radius 3 is 2.31 bits per heavy atom. The highest BCUT2D eigenvalue weighted by Gasteiger charge is 2.36. The zero-order valence-corrected chi connectivity index (χ0v) is 19.3. The van der Waals surface area contributed by atoms with Gasteiger partial charge in [0.15, 0.2) is 15.4 Å². The quantitative estimate of drug-likeness (QED) is 0.582. The smallest absolute Gasteiger partial charge is 0.269 e. The molecule has 8 nitrogen and oxygen atoms in total. The van der Waals surface area contributed by atoms with Crippen molar-refractivity contribution in [2.24, 2.45) is 0 Å². The van der Waals surface area contributed by atoms with Crippen LogP contribution in [-0.4, -0.2) is 36.8 Å². The second kappa shape index (κ2) is 8.14. The first-order valence-corrected chi connectivity index (χ1v) is 12.0. The number of halogens is 1. The summed E-state index contributed by atoms with van der Waals surface area (Å²) in [6.45, 7) is 3.25. The molecule has 1 aromatic heterocycles. The highest BCUT2D eigenvalue weighted by atomic mass is 35.5. The molecule has 0 bridgehead atoms. The van der Waals surface area contributed by atoms with Gasteiger partial charge in [-0.15, -0.1) is 0 Å². The molecule has 3 aromatic rings. The molecular formula is C22H22ClN3O5S. The van der Waals surface area contributed by atoms with Crippen molar-refractivity contribution in [1.82, 2.24) is 9.78 Å². The minimum atomic E-state index is -3.31. The number of rotatable bonds is 6. The molecule has 1 amide bonds. The van der Waals surface area contributed by atoms with Gasteiger partial charge in [-0.1, -0.05) is 11.6 Å². The number of anilines is 1. The third-order valence-electron chi connectivity index (χ3n) is 5.07. The number of nitrogens with zero attached hydrogens (tertiary/aromatic N) is 2. The molecule has 1 N–H and O–H groups in total. The van der Waals surface area contributed by atoms with Gasteiger partial charge in [-0.2, -0.15) is 5.10 Å². The predicted octanol–water partition coefficient (Wildman–Crippen LogP) is 3.76. The molecule has 2 heterocycles. The van der Waals surface area contributed by atoms with E-state index >= 15 is 0 Å². The van der Waals surface area contributed by atoms with E-state index in [-0.39, 0.29) is 11.5 Å². The SMILES string of the molecule is COc1ccc(-n2nc3c(c2NC(=O)C(C)(C)Oc2ccc(Cl)cc2)CS(=O)(=O)C3)cc1. The van der Waals surface area contributed by atoms with Crippen LogP contribution in [0.1, 0.15) is 25.1 Å². The van der Waals surface area contributed by atoms with Crippen LogP contribution in [0.25, 0.3) is 5.69 Å². The Labute approximate surface area is 191 Å². The van der Waals surface area contributed by atoms with Gasteiger partial charge in [0.25, 0.3) is 5.91 Å². The molecule has 168 valence electrons. The zero-order chi connectivity index (χ0) is 23.1. The lowest BCUT2D eigenvalue weighted by atomic mass is 10.1. The number of carbonyl (C=O) groups excluding carboxylic acids is 1. The van der Waals surface area contributed by atoms with Crippen molar-refractivity contribution >= 4 is 33.2 Å². The van der Waals surface area contributed by atoms with Crippen LogP contribution in [0.4, 0.5) is 5.82 Å². The molecule has 0 saturated heterocycles. The van der Waals surface area contributed by atoms with Crippen LogP contribution in [0.3, 0.4) is 0 Å². The highest BCUT2D eigenvalue weighted by molar-refractivity contribution is 7.90. The van der Waals surface area contributed by atoms with Gasteiger partial charge in [0.05, 0.1) is 30.0 Å². The Kier molecular flexibility index (Phi) is 5.64. The minimum Gasteiger partial charge on any atom is -0.497 e. The molecule has 0 aliphatic carbocycles. The number of hydrogen-bond acceptors (Lipinski definition) is 6. The van der Waals surface area contributed by atoms with E-state index in [0.717, 1.165) is 0 Å². The molecule has 0 saturated carbocycles. The van der Waals surface area contributed by atoms with E-state index in [1.165, 1.54) is 4.68 Å². The molecule has 32 heavy (non-hydrogen) atoms. The van der Waals surface area contributed by atoms with E-state index in [0.29, 0.717) is 39.3 Å². The number of sulfone groups is 1. The van der Waals surface area contributed by atoms with Gasteiger partial charge in [0.2, 0.25) is 0 Å². The number of fused-ring (bicyclic) bond motifs is 1. The number of nitrogens with one attached hydrogen (secondary N) is 1. The first-order chi connectivity index (χ1) is 15.1. The third-order valence-corrected chi connectivity index (χ3v) is 6.76. The lowest BCUT2D eigenvalue weighted by Gasteiger charge is -2.25. The maximum Gasteiger partial charge on any atom is 0.269 e. The van der Waals surface area contributed by atoms with Crippen LogP contribution >= 0.6 is 11.6 Å². The van der Waals surface area contributed by atoms with Crippen LogP contribution in [0.15, 0.2) is 48.5 Å². The van der Waals surface area contributed by atoms with Crippen LogP contribution < -0.4 is 14.8 Å². The monoisotopic (exact) mass is 475 g/mol. The Hall–Kier alpha value is -3.04. The Morgan fingerprint density at radius 2 is 1.69 bits per heavy atom. The second-order valence-corrected chi connectivity index (χ2v) is 10.4. The molecule has 1 aliphatic rings. The number of aromatic nitrogens is 2. The average molecular weight is 476 g/mol. The summed E-state index contributed by atoms with van der Waals surface area (Å²) in [5, 5.41) is 7.87. The van der Waals surface area contributed by atoms with Crippen LogP contribution in [0.5, 0.6) is 11.5 Å². The van der Waals surface area contributed by atoms with E-state index in [9.17, 15) is 13.2 Å². The number of ether oxygens (including phenoxy) is 2. The molecule has 0 spiro atoms.